The largest absolute Gasteiger partial charge is 0.334 e. The predicted molar refractivity (Wildman–Crippen MR) is 119 cm³/mol. The Hall–Kier alpha value is -2.14. The standard InChI is InChI=1S/C25H34N4O/c1-16-21(15-29(27-16)19-7-8-19)24(30)28-11-9-17-12-18(25(2,3)4)13-20(22(17)14-28)23-6-5-10-26-23/h12-13,15,19,23,26H,5-11,14H2,1-4H3/t23-/m0/s1. The second-order valence-corrected chi connectivity index (χ2v) is 10.4. The monoisotopic (exact) mass is 406 g/mol. The third-order valence-electron chi connectivity index (χ3n) is 7.03. The van der Waals surface area contributed by atoms with Crippen molar-refractivity contribution >= 4 is 5.91 Å². The Bertz CT molecular complexity index is 974. The van der Waals surface area contributed by atoms with Crippen molar-refractivity contribution in [2.75, 3.05) is 13.1 Å². The first-order valence-electron chi connectivity index (χ1n) is 11.6. The van der Waals surface area contributed by atoms with E-state index >= 15 is 0 Å². The van der Waals surface area contributed by atoms with Crippen LogP contribution in [-0.2, 0) is 18.4 Å². The van der Waals surface area contributed by atoms with E-state index in [-0.39, 0.29) is 11.3 Å². The van der Waals surface area contributed by atoms with Gasteiger partial charge in [-0.05, 0) is 73.2 Å². The molecular weight excluding hydrogens is 372 g/mol. The molecule has 1 aromatic carbocycles. The van der Waals surface area contributed by atoms with Crippen LogP contribution < -0.4 is 5.32 Å². The minimum absolute atomic E-state index is 0.129. The molecule has 2 aliphatic heterocycles. The van der Waals surface area contributed by atoms with Crippen molar-refractivity contribution in [3.05, 3.63) is 51.8 Å². The second kappa shape index (κ2) is 7.23. The van der Waals surface area contributed by atoms with Crippen LogP contribution in [0.2, 0.25) is 0 Å². The summed E-state index contributed by atoms with van der Waals surface area (Å²) >= 11 is 0. The fourth-order valence-electron chi connectivity index (χ4n) is 4.95. The van der Waals surface area contributed by atoms with Gasteiger partial charge in [-0.25, -0.2) is 0 Å². The van der Waals surface area contributed by atoms with Crippen molar-refractivity contribution in [3.63, 3.8) is 0 Å². The van der Waals surface area contributed by atoms with Gasteiger partial charge in [-0.2, -0.15) is 5.10 Å². The van der Waals surface area contributed by atoms with Gasteiger partial charge in [-0.1, -0.05) is 32.9 Å². The van der Waals surface area contributed by atoms with Crippen molar-refractivity contribution in [2.24, 2.45) is 0 Å². The Morgan fingerprint density at radius 1 is 1.20 bits per heavy atom. The molecule has 0 unspecified atom stereocenters. The predicted octanol–water partition coefficient (Wildman–Crippen LogP) is 4.45. The highest BCUT2D eigenvalue weighted by Crippen LogP contribution is 2.37. The van der Waals surface area contributed by atoms with Crippen molar-refractivity contribution in [2.45, 2.75) is 83.8 Å². The number of carbonyl (C=O) groups is 1. The summed E-state index contributed by atoms with van der Waals surface area (Å²) < 4.78 is 2.00. The van der Waals surface area contributed by atoms with Gasteiger partial charge in [0, 0.05) is 25.3 Å². The van der Waals surface area contributed by atoms with Crippen LogP contribution in [0.4, 0.5) is 0 Å². The van der Waals surface area contributed by atoms with Gasteiger partial charge in [0.2, 0.25) is 0 Å². The van der Waals surface area contributed by atoms with Crippen LogP contribution in [0, 0.1) is 6.92 Å². The van der Waals surface area contributed by atoms with Gasteiger partial charge in [-0.15, -0.1) is 0 Å². The zero-order chi connectivity index (χ0) is 21.0. The molecule has 3 aliphatic rings. The van der Waals surface area contributed by atoms with Crippen molar-refractivity contribution < 1.29 is 4.79 Å². The molecule has 3 heterocycles. The number of aryl methyl sites for hydroxylation is 1. The number of hydrogen-bond donors (Lipinski definition) is 1. The molecule has 1 N–H and O–H groups in total. The Morgan fingerprint density at radius 3 is 2.67 bits per heavy atom. The maximum Gasteiger partial charge on any atom is 0.257 e. The van der Waals surface area contributed by atoms with E-state index in [0.717, 1.165) is 30.8 Å². The van der Waals surface area contributed by atoms with E-state index in [1.165, 1.54) is 47.9 Å². The molecule has 1 aromatic heterocycles. The topological polar surface area (TPSA) is 50.2 Å². The lowest BCUT2D eigenvalue weighted by Crippen LogP contribution is -2.37. The highest BCUT2D eigenvalue weighted by Gasteiger charge is 2.32. The Kier molecular flexibility index (Phi) is 4.77. The van der Waals surface area contributed by atoms with Crippen molar-refractivity contribution in [3.8, 4) is 0 Å². The normalized spacial score (nSPS) is 21.7. The third kappa shape index (κ3) is 3.58. The smallest absolute Gasteiger partial charge is 0.257 e. The summed E-state index contributed by atoms with van der Waals surface area (Å²) in [5, 5.41) is 8.30. The highest BCUT2D eigenvalue weighted by molar-refractivity contribution is 5.95. The minimum atomic E-state index is 0.129. The molecule has 5 heteroatoms. The van der Waals surface area contributed by atoms with Crippen LogP contribution in [0.3, 0.4) is 0 Å². The zero-order valence-electron chi connectivity index (χ0n) is 18.8. The van der Waals surface area contributed by atoms with Crippen molar-refractivity contribution in [1.82, 2.24) is 20.0 Å². The number of nitrogens with zero attached hydrogens (tertiary/aromatic N) is 3. The van der Waals surface area contributed by atoms with Crippen LogP contribution in [0.15, 0.2) is 18.3 Å². The molecule has 160 valence electrons. The first kappa shape index (κ1) is 19.8. The molecular formula is C25H34N4O. The first-order chi connectivity index (χ1) is 14.3. The molecule has 2 fully saturated rings. The number of amides is 1. The van der Waals surface area contributed by atoms with Gasteiger partial charge < -0.3 is 10.2 Å². The third-order valence-corrected chi connectivity index (χ3v) is 7.03. The van der Waals surface area contributed by atoms with Gasteiger partial charge in [0.1, 0.15) is 0 Å². The van der Waals surface area contributed by atoms with Gasteiger partial charge in [0.05, 0.1) is 17.3 Å². The van der Waals surface area contributed by atoms with Crippen LogP contribution in [0.1, 0.15) is 96.8 Å². The summed E-state index contributed by atoms with van der Waals surface area (Å²) in [5.41, 5.74) is 7.39. The van der Waals surface area contributed by atoms with Gasteiger partial charge in [-0.3, -0.25) is 9.48 Å². The molecule has 1 amide bonds. The molecule has 30 heavy (non-hydrogen) atoms. The van der Waals surface area contributed by atoms with E-state index < -0.39 is 0 Å². The molecule has 1 saturated carbocycles. The number of fused-ring (bicyclic) bond motifs is 1. The lowest BCUT2D eigenvalue weighted by molar-refractivity contribution is 0.0733. The quantitative estimate of drug-likeness (QED) is 0.819. The molecule has 0 spiro atoms. The summed E-state index contributed by atoms with van der Waals surface area (Å²) in [4.78, 5) is 15.4. The number of hydrogen-bond acceptors (Lipinski definition) is 3. The minimum Gasteiger partial charge on any atom is -0.334 e. The lowest BCUT2D eigenvalue weighted by Gasteiger charge is -2.34. The van der Waals surface area contributed by atoms with E-state index in [0.29, 0.717) is 18.6 Å². The zero-order valence-corrected chi connectivity index (χ0v) is 18.8. The molecule has 0 bridgehead atoms. The summed E-state index contributed by atoms with van der Waals surface area (Å²) in [6.07, 6.45) is 7.68. The van der Waals surface area contributed by atoms with E-state index in [1.807, 2.05) is 22.7 Å². The van der Waals surface area contributed by atoms with Crippen LogP contribution in [-0.4, -0.2) is 33.7 Å². The maximum absolute atomic E-state index is 13.4. The van der Waals surface area contributed by atoms with Crippen LogP contribution in [0.25, 0.3) is 0 Å². The maximum atomic E-state index is 13.4. The summed E-state index contributed by atoms with van der Waals surface area (Å²) in [5.74, 6) is 0.135. The van der Waals surface area contributed by atoms with Crippen LogP contribution >= 0.6 is 0 Å². The Morgan fingerprint density at radius 2 is 2.00 bits per heavy atom. The fraction of sp³-hybridized carbons (Fsp3) is 0.600. The second-order valence-electron chi connectivity index (χ2n) is 10.4. The van der Waals surface area contributed by atoms with Gasteiger partial charge >= 0.3 is 0 Å². The highest BCUT2D eigenvalue weighted by atomic mass is 16.2. The number of benzene rings is 1. The average molecular weight is 407 g/mol. The number of aromatic nitrogens is 2. The molecule has 0 radical (unpaired) electrons. The van der Waals surface area contributed by atoms with E-state index in [1.54, 1.807) is 0 Å². The Balaban J connectivity index is 1.47. The molecule has 5 nitrogen and oxygen atoms in total. The van der Waals surface area contributed by atoms with Crippen LogP contribution in [0.5, 0.6) is 0 Å². The fourth-order valence-corrected chi connectivity index (χ4v) is 4.95. The van der Waals surface area contributed by atoms with E-state index in [2.05, 4.69) is 43.3 Å². The number of rotatable bonds is 3. The summed E-state index contributed by atoms with van der Waals surface area (Å²) in [6, 6.07) is 5.72. The number of carbonyl (C=O) groups excluding carboxylic acids is 1. The first-order valence-corrected chi connectivity index (χ1v) is 11.6. The molecule has 2 aromatic rings. The molecule has 1 atom stereocenters. The molecule has 1 aliphatic carbocycles. The van der Waals surface area contributed by atoms with Crippen molar-refractivity contribution in [1.29, 1.82) is 0 Å². The molecule has 1 saturated heterocycles. The van der Waals surface area contributed by atoms with E-state index in [4.69, 9.17) is 0 Å². The summed E-state index contributed by atoms with van der Waals surface area (Å²) in [6.45, 7) is 11.4. The van der Waals surface area contributed by atoms with Gasteiger partial charge in [0.25, 0.3) is 5.91 Å². The lowest BCUT2D eigenvalue weighted by atomic mass is 9.80. The molecule has 5 rings (SSSR count). The van der Waals surface area contributed by atoms with E-state index in [9.17, 15) is 4.79 Å². The average Bonchev–Trinajstić information content (AvgIpc) is 3.27. The Labute approximate surface area is 179 Å². The van der Waals surface area contributed by atoms with Gasteiger partial charge in [0.15, 0.2) is 0 Å². The number of nitrogens with one attached hydrogen (secondary N) is 1. The summed E-state index contributed by atoms with van der Waals surface area (Å²) in [7, 11) is 0. The SMILES string of the molecule is Cc1nn(C2CC2)cc1C(=O)N1CCc2cc(C(C)(C)C)cc([C@@H]3CCCN3)c2C1.